The van der Waals surface area contributed by atoms with Crippen LogP contribution in [-0.2, 0) is 24.0 Å². The number of ketones is 1. The number of thioether (sulfide) groups is 1. The van der Waals surface area contributed by atoms with E-state index in [0.29, 0.717) is 0 Å². The molecule has 0 fully saturated rings. The average Bonchev–Trinajstić information content (AvgIpc) is 2.91. The van der Waals surface area contributed by atoms with Crippen LogP contribution in [0.1, 0.15) is 19.3 Å². The van der Waals surface area contributed by atoms with Crippen LogP contribution >= 0.6 is 11.8 Å². The summed E-state index contributed by atoms with van der Waals surface area (Å²) >= 11 is 1.13. The second kappa shape index (κ2) is 10.5. The van der Waals surface area contributed by atoms with Crippen LogP contribution in [0, 0.1) is 0 Å². The Balaban J connectivity index is 2.62. The smallest absolute Gasteiger partial charge is 0.322 e. The highest BCUT2D eigenvalue weighted by atomic mass is 32.2. The third-order valence-corrected chi connectivity index (χ3v) is 4.81. The molecule has 0 heterocycles. The minimum Gasteiger partial charge on any atom is -0.505 e. The zero-order valence-electron chi connectivity index (χ0n) is 14.2. The molecule has 11 nitrogen and oxygen atoms in total. The summed E-state index contributed by atoms with van der Waals surface area (Å²) in [7, 11) is 0. The van der Waals surface area contributed by atoms with E-state index >= 15 is 0 Å². The highest BCUT2D eigenvalue weighted by molar-refractivity contribution is 8.00. The Labute approximate surface area is 158 Å². The number of aliphatic carboxylic acids is 2. The molecule has 0 bridgehead atoms. The van der Waals surface area contributed by atoms with Gasteiger partial charge in [0.05, 0.1) is 0 Å². The number of carbonyl (C=O) groups excluding carboxylic acids is 3. The van der Waals surface area contributed by atoms with Gasteiger partial charge in [-0.2, -0.15) is 11.8 Å². The zero-order valence-corrected chi connectivity index (χ0v) is 15.0. The molecule has 0 radical (unpaired) electrons. The number of nitrogens with two attached hydrogens (primary N) is 1. The Morgan fingerprint density at radius 1 is 1.30 bits per heavy atom. The first kappa shape index (κ1) is 22.4. The summed E-state index contributed by atoms with van der Waals surface area (Å²) in [6.45, 7) is -0.637. The van der Waals surface area contributed by atoms with Gasteiger partial charge < -0.3 is 31.7 Å². The van der Waals surface area contributed by atoms with Crippen molar-refractivity contribution in [1.82, 2.24) is 10.6 Å². The zero-order chi connectivity index (χ0) is 20.6. The van der Waals surface area contributed by atoms with Gasteiger partial charge in [0.2, 0.25) is 11.8 Å². The second-order valence-electron chi connectivity index (χ2n) is 5.77. The van der Waals surface area contributed by atoms with Crippen LogP contribution < -0.4 is 16.4 Å². The SMILES string of the molecule is NC(CCC(=O)NC(CSC1C=C(O)C(=O)C1)C(=O)NCC(=O)O)C(=O)O. The normalized spacial score (nSPS) is 18.3. The number of nitrogens with one attached hydrogen (secondary N) is 2. The molecule has 150 valence electrons. The Morgan fingerprint density at radius 2 is 1.96 bits per heavy atom. The van der Waals surface area contributed by atoms with Crippen molar-refractivity contribution in [3.63, 3.8) is 0 Å². The number of aliphatic hydroxyl groups is 1. The van der Waals surface area contributed by atoms with Gasteiger partial charge in [0.15, 0.2) is 11.5 Å². The Bertz CT molecular complexity index is 651. The molecule has 12 heteroatoms. The summed E-state index contributed by atoms with van der Waals surface area (Å²) < 4.78 is 0. The predicted molar refractivity (Wildman–Crippen MR) is 94.0 cm³/mol. The molecule has 0 aromatic rings. The van der Waals surface area contributed by atoms with Crippen LogP contribution in [0.5, 0.6) is 0 Å². The molecule has 3 atom stereocenters. The fourth-order valence-electron chi connectivity index (χ4n) is 2.09. The number of carbonyl (C=O) groups is 5. The minimum atomic E-state index is -1.26. The van der Waals surface area contributed by atoms with Gasteiger partial charge >= 0.3 is 11.9 Å². The Morgan fingerprint density at radius 3 is 2.48 bits per heavy atom. The van der Waals surface area contributed by atoms with Crippen molar-refractivity contribution in [2.75, 3.05) is 12.3 Å². The van der Waals surface area contributed by atoms with E-state index in [1.54, 1.807) is 0 Å². The number of Topliss-reactive ketones (excluding diaryl/α,β-unsaturated/α-hetero) is 1. The second-order valence-corrected chi connectivity index (χ2v) is 7.04. The first-order chi connectivity index (χ1) is 12.6. The maximum absolute atomic E-state index is 12.1. The number of carboxylic acid groups (broad SMARTS) is 2. The molecule has 1 rings (SSSR count). The maximum atomic E-state index is 12.1. The largest absolute Gasteiger partial charge is 0.505 e. The van der Waals surface area contributed by atoms with Crippen molar-refractivity contribution in [3.8, 4) is 0 Å². The molecule has 2 amide bonds. The van der Waals surface area contributed by atoms with Crippen LogP contribution in [0.4, 0.5) is 0 Å². The number of hydrogen-bond acceptors (Lipinski definition) is 8. The van der Waals surface area contributed by atoms with Crippen molar-refractivity contribution < 1.29 is 39.3 Å². The van der Waals surface area contributed by atoms with E-state index < -0.39 is 48.2 Å². The van der Waals surface area contributed by atoms with E-state index in [1.807, 2.05) is 0 Å². The molecule has 0 aromatic heterocycles. The van der Waals surface area contributed by atoms with Crippen LogP contribution in [0.2, 0.25) is 0 Å². The van der Waals surface area contributed by atoms with Gasteiger partial charge in [0.1, 0.15) is 18.6 Å². The first-order valence-electron chi connectivity index (χ1n) is 7.93. The van der Waals surface area contributed by atoms with Crippen molar-refractivity contribution >= 4 is 41.3 Å². The number of amides is 2. The van der Waals surface area contributed by atoms with E-state index in [4.69, 9.17) is 15.9 Å². The molecule has 3 unspecified atom stereocenters. The summed E-state index contributed by atoms with van der Waals surface area (Å²) in [5.41, 5.74) is 5.31. The van der Waals surface area contributed by atoms with E-state index in [0.717, 1.165) is 11.8 Å². The van der Waals surface area contributed by atoms with Crippen molar-refractivity contribution in [1.29, 1.82) is 0 Å². The van der Waals surface area contributed by atoms with Crippen LogP contribution in [0.25, 0.3) is 0 Å². The highest BCUT2D eigenvalue weighted by Crippen LogP contribution is 2.25. The maximum Gasteiger partial charge on any atom is 0.322 e. The van der Waals surface area contributed by atoms with Crippen LogP contribution in [0.3, 0.4) is 0 Å². The van der Waals surface area contributed by atoms with Crippen LogP contribution in [-0.4, -0.2) is 74.5 Å². The lowest BCUT2D eigenvalue weighted by Crippen LogP contribution is -2.49. The van der Waals surface area contributed by atoms with Gasteiger partial charge in [-0.1, -0.05) is 0 Å². The first-order valence-corrected chi connectivity index (χ1v) is 8.97. The van der Waals surface area contributed by atoms with Gasteiger partial charge in [0, 0.05) is 23.8 Å². The molecule has 0 spiro atoms. The van der Waals surface area contributed by atoms with Gasteiger partial charge in [-0.3, -0.25) is 24.0 Å². The molecule has 7 N–H and O–H groups in total. The molecule has 27 heavy (non-hydrogen) atoms. The number of allylic oxidation sites excluding steroid dienone is 1. The van der Waals surface area contributed by atoms with Gasteiger partial charge in [-0.05, 0) is 12.5 Å². The topological polar surface area (TPSA) is 196 Å². The highest BCUT2D eigenvalue weighted by Gasteiger charge is 2.27. The fraction of sp³-hybridized carbons (Fsp3) is 0.533. The monoisotopic (exact) mass is 403 g/mol. The van der Waals surface area contributed by atoms with E-state index in [-0.39, 0.29) is 36.0 Å². The lowest BCUT2D eigenvalue weighted by molar-refractivity contribution is -0.139. The van der Waals surface area contributed by atoms with Crippen molar-refractivity contribution in [2.45, 2.75) is 36.6 Å². The van der Waals surface area contributed by atoms with E-state index in [1.165, 1.54) is 6.08 Å². The summed E-state index contributed by atoms with van der Waals surface area (Å²) in [6.07, 6.45) is 1.03. The average molecular weight is 403 g/mol. The minimum absolute atomic E-state index is 0.0178. The van der Waals surface area contributed by atoms with Gasteiger partial charge in [-0.25, -0.2) is 0 Å². The van der Waals surface area contributed by atoms with E-state index in [9.17, 15) is 29.1 Å². The number of carboxylic acids is 2. The number of hydrogen-bond donors (Lipinski definition) is 6. The van der Waals surface area contributed by atoms with Gasteiger partial charge in [-0.15, -0.1) is 0 Å². The standard InChI is InChI=1S/C15H21N3O8S/c16-8(15(25)26)1-2-12(21)18-9(14(24)17-5-13(22)23)6-27-7-3-10(19)11(20)4-7/h3,7-9,19H,1-2,4-6,16H2,(H,17,24)(H,18,21)(H,22,23)(H,25,26). The van der Waals surface area contributed by atoms with Crippen LogP contribution in [0.15, 0.2) is 11.8 Å². The molecule has 1 aliphatic carbocycles. The predicted octanol–water partition coefficient (Wildman–Crippen LogP) is -1.62. The third kappa shape index (κ3) is 8.09. The lowest BCUT2D eigenvalue weighted by Gasteiger charge is -2.19. The lowest BCUT2D eigenvalue weighted by atomic mass is 10.1. The molecule has 0 aliphatic heterocycles. The Kier molecular flexibility index (Phi) is 8.75. The molecular weight excluding hydrogens is 382 g/mol. The quantitative estimate of drug-likeness (QED) is 0.233. The van der Waals surface area contributed by atoms with Gasteiger partial charge in [0.25, 0.3) is 0 Å². The molecule has 0 saturated heterocycles. The number of rotatable bonds is 11. The number of aliphatic hydroxyl groups excluding tert-OH is 1. The molecule has 0 saturated carbocycles. The molecular formula is C15H21N3O8S. The fourth-order valence-corrected chi connectivity index (χ4v) is 3.26. The van der Waals surface area contributed by atoms with Crippen molar-refractivity contribution in [3.05, 3.63) is 11.8 Å². The Hall–Kier alpha value is -2.60. The van der Waals surface area contributed by atoms with Crippen molar-refractivity contribution in [2.24, 2.45) is 5.73 Å². The summed E-state index contributed by atoms with van der Waals surface area (Å²) in [4.78, 5) is 56.6. The summed E-state index contributed by atoms with van der Waals surface area (Å²) in [5, 5.41) is 30.8. The molecule has 1 aliphatic rings. The summed E-state index contributed by atoms with van der Waals surface area (Å²) in [5.74, 6) is -4.64. The summed E-state index contributed by atoms with van der Waals surface area (Å²) in [6, 6.07) is -2.32. The van der Waals surface area contributed by atoms with E-state index in [2.05, 4.69) is 10.6 Å². The molecule has 0 aromatic carbocycles. The third-order valence-electron chi connectivity index (χ3n) is 3.56.